The van der Waals surface area contributed by atoms with Crippen molar-refractivity contribution in [3.05, 3.63) is 29.0 Å². The van der Waals surface area contributed by atoms with Crippen LogP contribution in [0.5, 0.6) is 0 Å². The molecule has 0 radical (unpaired) electrons. The van der Waals surface area contributed by atoms with Crippen LogP contribution in [0.15, 0.2) is 29.0 Å². The van der Waals surface area contributed by atoms with Crippen molar-refractivity contribution in [1.82, 2.24) is 9.97 Å². The van der Waals surface area contributed by atoms with Gasteiger partial charge in [-0.15, -0.1) is 0 Å². The second-order valence-electron chi connectivity index (χ2n) is 2.07. The second kappa shape index (κ2) is 7.56. The maximum atomic E-state index is 4.14. The first-order valence-corrected chi connectivity index (χ1v) is 5.74. The SMILES string of the molecule is Brc1cnc2[nH]ccc2c1.CC.CC. The van der Waals surface area contributed by atoms with Crippen molar-refractivity contribution >= 4 is 27.0 Å². The number of H-pyrrole nitrogens is 1. The number of aromatic amines is 1. The van der Waals surface area contributed by atoms with Gasteiger partial charge < -0.3 is 4.98 Å². The van der Waals surface area contributed by atoms with Gasteiger partial charge in [-0.05, 0) is 28.1 Å². The third-order valence-electron chi connectivity index (χ3n) is 1.37. The van der Waals surface area contributed by atoms with E-state index in [4.69, 9.17) is 0 Å². The fourth-order valence-corrected chi connectivity index (χ4v) is 1.26. The van der Waals surface area contributed by atoms with E-state index in [1.165, 1.54) is 0 Å². The van der Waals surface area contributed by atoms with Crippen LogP contribution in [0.4, 0.5) is 0 Å². The number of nitrogens with zero attached hydrogens (tertiary/aromatic N) is 1. The Morgan fingerprint density at radius 3 is 2.50 bits per heavy atom. The minimum atomic E-state index is 0.934. The average Bonchev–Trinajstić information content (AvgIpc) is 2.71. The number of pyridine rings is 1. The standard InChI is InChI=1S/C7H5BrN2.2C2H6/c8-6-3-5-1-2-9-7(5)10-4-6;2*1-2/h1-4H,(H,9,10);2*1-2H3. The van der Waals surface area contributed by atoms with Gasteiger partial charge in [-0.3, -0.25) is 0 Å². The number of fused-ring (bicyclic) bond motifs is 1. The molecule has 0 fully saturated rings. The number of halogens is 1. The fraction of sp³-hybridized carbons (Fsp3) is 0.364. The van der Waals surface area contributed by atoms with Crippen molar-refractivity contribution in [2.45, 2.75) is 27.7 Å². The first-order valence-electron chi connectivity index (χ1n) is 4.95. The van der Waals surface area contributed by atoms with E-state index in [9.17, 15) is 0 Å². The summed E-state index contributed by atoms with van der Waals surface area (Å²) in [5.74, 6) is 0. The van der Waals surface area contributed by atoms with Crippen molar-refractivity contribution in [3.63, 3.8) is 0 Å². The number of hydrogen-bond acceptors (Lipinski definition) is 1. The molecule has 0 saturated carbocycles. The van der Waals surface area contributed by atoms with Crippen LogP contribution < -0.4 is 0 Å². The zero-order valence-corrected chi connectivity index (χ0v) is 10.7. The molecule has 0 aliphatic carbocycles. The van der Waals surface area contributed by atoms with Crippen LogP contribution in [0.2, 0.25) is 0 Å². The van der Waals surface area contributed by atoms with Gasteiger partial charge in [0, 0.05) is 22.3 Å². The van der Waals surface area contributed by atoms with Crippen molar-refractivity contribution in [2.24, 2.45) is 0 Å². The van der Waals surface area contributed by atoms with E-state index in [1.807, 2.05) is 46.0 Å². The molecule has 0 amide bonds. The number of hydrogen-bond donors (Lipinski definition) is 1. The molecule has 0 saturated heterocycles. The summed E-state index contributed by atoms with van der Waals surface area (Å²) in [5, 5.41) is 1.13. The van der Waals surface area contributed by atoms with Crippen LogP contribution in [0, 0.1) is 0 Å². The Morgan fingerprint density at radius 1 is 1.21 bits per heavy atom. The molecule has 2 nitrogen and oxygen atoms in total. The highest BCUT2D eigenvalue weighted by atomic mass is 79.9. The minimum Gasteiger partial charge on any atom is -0.346 e. The highest BCUT2D eigenvalue weighted by molar-refractivity contribution is 9.10. The summed E-state index contributed by atoms with van der Waals surface area (Å²) in [6.45, 7) is 8.00. The summed E-state index contributed by atoms with van der Waals surface area (Å²) in [7, 11) is 0. The first-order chi connectivity index (χ1) is 6.86. The average molecular weight is 257 g/mol. The molecule has 0 spiro atoms. The molecule has 0 atom stereocenters. The van der Waals surface area contributed by atoms with Gasteiger partial charge in [0.1, 0.15) is 5.65 Å². The molecule has 2 aromatic rings. The van der Waals surface area contributed by atoms with E-state index in [0.717, 1.165) is 15.5 Å². The predicted octanol–water partition coefficient (Wildman–Crippen LogP) is 4.38. The van der Waals surface area contributed by atoms with E-state index in [-0.39, 0.29) is 0 Å². The number of aromatic nitrogens is 2. The molecule has 0 unspecified atom stereocenters. The third kappa shape index (κ3) is 3.50. The van der Waals surface area contributed by atoms with E-state index >= 15 is 0 Å². The Kier molecular flexibility index (Phi) is 7.11. The highest BCUT2D eigenvalue weighted by Crippen LogP contribution is 2.14. The smallest absolute Gasteiger partial charge is 0.137 e. The van der Waals surface area contributed by atoms with Gasteiger partial charge in [0.15, 0.2) is 0 Å². The van der Waals surface area contributed by atoms with Crippen LogP contribution in [-0.2, 0) is 0 Å². The van der Waals surface area contributed by atoms with E-state index < -0.39 is 0 Å². The maximum Gasteiger partial charge on any atom is 0.137 e. The molecule has 0 aliphatic rings. The van der Waals surface area contributed by atoms with Crippen molar-refractivity contribution in [3.8, 4) is 0 Å². The summed E-state index contributed by atoms with van der Waals surface area (Å²) in [5.41, 5.74) is 0.934. The zero-order valence-electron chi connectivity index (χ0n) is 9.13. The Morgan fingerprint density at radius 2 is 1.86 bits per heavy atom. The predicted molar refractivity (Wildman–Crippen MR) is 66.5 cm³/mol. The molecule has 0 aliphatic heterocycles. The van der Waals surface area contributed by atoms with Gasteiger partial charge in [0.05, 0.1) is 0 Å². The molecule has 2 heterocycles. The lowest BCUT2D eigenvalue weighted by Crippen LogP contribution is -1.73. The normalized spacial score (nSPS) is 8.36. The van der Waals surface area contributed by atoms with Crippen molar-refractivity contribution in [1.29, 1.82) is 0 Å². The van der Waals surface area contributed by atoms with E-state index in [1.54, 1.807) is 6.20 Å². The summed E-state index contributed by atoms with van der Waals surface area (Å²) in [4.78, 5) is 7.15. The van der Waals surface area contributed by atoms with Gasteiger partial charge in [0.2, 0.25) is 0 Å². The minimum absolute atomic E-state index is 0.934. The summed E-state index contributed by atoms with van der Waals surface area (Å²) in [6.07, 6.45) is 3.66. The molecule has 2 aromatic heterocycles. The molecule has 3 heteroatoms. The quantitative estimate of drug-likeness (QED) is 0.745. The van der Waals surface area contributed by atoms with E-state index in [0.29, 0.717) is 0 Å². The summed E-state index contributed by atoms with van der Waals surface area (Å²) >= 11 is 3.34. The lowest BCUT2D eigenvalue weighted by molar-refractivity contribution is 1.31. The largest absolute Gasteiger partial charge is 0.346 e. The number of nitrogens with one attached hydrogen (secondary N) is 1. The van der Waals surface area contributed by atoms with Crippen LogP contribution in [0.1, 0.15) is 27.7 Å². The zero-order chi connectivity index (χ0) is 11.0. The van der Waals surface area contributed by atoms with Crippen molar-refractivity contribution in [2.75, 3.05) is 0 Å². The fourth-order valence-electron chi connectivity index (χ4n) is 0.913. The lowest BCUT2D eigenvalue weighted by Gasteiger charge is -1.88. The van der Waals surface area contributed by atoms with Gasteiger partial charge in [-0.1, -0.05) is 27.7 Å². The Labute approximate surface area is 93.9 Å². The molecular weight excluding hydrogens is 240 g/mol. The second-order valence-corrected chi connectivity index (χ2v) is 2.98. The highest BCUT2D eigenvalue weighted by Gasteiger charge is 1.93. The Bertz CT molecular complexity index is 355. The first kappa shape index (κ1) is 13.2. The van der Waals surface area contributed by atoms with Gasteiger partial charge in [-0.25, -0.2) is 4.98 Å². The summed E-state index contributed by atoms with van der Waals surface area (Å²) < 4.78 is 1.01. The van der Waals surface area contributed by atoms with E-state index in [2.05, 4.69) is 25.9 Å². The molecule has 0 bridgehead atoms. The van der Waals surface area contributed by atoms with Gasteiger partial charge in [0.25, 0.3) is 0 Å². The number of rotatable bonds is 0. The lowest BCUT2D eigenvalue weighted by atomic mass is 10.3. The van der Waals surface area contributed by atoms with Crippen LogP contribution in [-0.4, -0.2) is 9.97 Å². The van der Waals surface area contributed by atoms with Crippen LogP contribution in [0.3, 0.4) is 0 Å². The molecule has 1 N–H and O–H groups in total. The summed E-state index contributed by atoms with van der Waals surface area (Å²) in [6, 6.07) is 4.02. The maximum absolute atomic E-state index is 4.14. The van der Waals surface area contributed by atoms with Crippen LogP contribution in [0.25, 0.3) is 11.0 Å². The molecular formula is C11H17BrN2. The molecule has 0 aromatic carbocycles. The Hall–Kier alpha value is -0.830. The monoisotopic (exact) mass is 256 g/mol. The third-order valence-corrected chi connectivity index (χ3v) is 1.80. The van der Waals surface area contributed by atoms with Crippen LogP contribution >= 0.6 is 15.9 Å². The molecule has 78 valence electrons. The van der Waals surface area contributed by atoms with Gasteiger partial charge >= 0.3 is 0 Å². The molecule has 2 rings (SSSR count). The van der Waals surface area contributed by atoms with Crippen molar-refractivity contribution < 1.29 is 0 Å². The van der Waals surface area contributed by atoms with Gasteiger partial charge in [-0.2, -0.15) is 0 Å². The topological polar surface area (TPSA) is 28.7 Å². The Balaban J connectivity index is 0.000000379. The molecule has 14 heavy (non-hydrogen) atoms.